The van der Waals surface area contributed by atoms with E-state index in [1.54, 1.807) is 0 Å². The minimum absolute atomic E-state index is 0.186. The molecule has 0 radical (unpaired) electrons. The predicted octanol–water partition coefficient (Wildman–Crippen LogP) is -2.53. The lowest BCUT2D eigenvalue weighted by atomic mass is 11.1. The molecule has 14 nitrogen and oxygen atoms in total. The summed E-state index contributed by atoms with van der Waals surface area (Å²) < 4.78 is 0. The highest BCUT2D eigenvalue weighted by molar-refractivity contribution is 5.73. The predicted molar refractivity (Wildman–Crippen MR) is 51.8 cm³/mol. The van der Waals surface area contributed by atoms with Crippen molar-refractivity contribution in [1.82, 2.24) is 46.7 Å². The maximum absolute atomic E-state index is 6.28. The molecule has 2 aromatic heterocycles. The molecule has 0 aromatic carbocycles. The molecule has 0 fully saturated rings. The van der Waals surface area contributed by atoms with Gasteiger partial charge < -0.3 is 5.73 Å². The van der Waals surface area contributed by atoms with Crippen molar-refractivity contribution >= 4 is 17.9 Å². The fraction of sp³-hybridized carbons (Fsp3) is 0. The monoisotopic (exact) mass is 240 g/mol. The van der Waals surface area contributed by atoms with Crippen LogP contribution in [0.2, 0.25) is 0 Å². The SMILES string of the molecule is N(=N\c1nnn[nH]1)/c1nnn[nH]1.N=C(N)NN. The number of aromatic amines is 2. The molecular weight excluding hydrogens is 232 g/mol. The molecule has 0 amide bonds. The van der Waals surface area contributed by atoms with Crippen molar-refractivity contribution in [3.63, 3.8) is 0 Å². The topological polar surface area (TPSA) is 222 Å². The first kappa shape index (κ1) is 12.0. The smallest absolute Gasteiger partial charge is 0.285 e. The third-order valence-corrected chi connectivity index (χ3v) is 1.06. The first-order chi connectivity index (χ1) is 8.22. The molecule has 0 saturated carbocycles. The lowest BCUT2D eigenvalue weighted by Gasteiger charge is -1.85. The summed E-state index contributed by atoms with van der Waals surface area (Å²) in [6.07, 6.45) is 0. The minimum atomic E-state index is -0.218. The molecule has 0 spiro atoms. The number of hydrogen-bond donors (Lipinski definition) is 6. The summed E-state index contributed by atoms with van der Waals surface area (Å²) in [6.45, 7) is 0. The number of tetrazole rings is 2. The van der Waals surface area contributed by atoms with Crippen molar-refractivity contribution in [2.75, 3.05) is 0 Å². The molecule has 2 rings (SSSR count). The van der Waals surface area contributed by atoms with Crippen LogP contribution in [-0.2, 0) is 0 Å². The Morgan fingerprint density at radius 1 is 1.12 bits per heavy atom. The quantitative estimate of drug-likeness (QED) is 0.107. The summed E-state index contributed by atoms with van der Waals surface area (Å²) >= 11 is 0. The minimum Gasteiger partial charge on any atom is -0.369 e. The molecule has 17 heavy (non-hydrogen) atoms. The average Bonchev–Trinajstić information content (AvgIpc) is 3.00. The Kier molecular flexibility index (Phi) is 4.57. The number of guanidine groups is 1. The van der Waals surface area contributed by atoms with Gasteiger partial charge in [-0.3, -0.25) is 10.8 Å². The van der Waals surface area contributed by atoms with E-state index in [2.05, 4.69) is 63.1 Å². The lowest BCUT2D eigenvalue weighted by Crippen LogP contribution is -2.35. The van der Waals surface area contributed by atoms with E-state index in [0.717, 1.165) is 0 Å². The van der Waals surface area contributed by atoms with Crippen molar-refractivity contribution in [3.05, 3.63) is 0 Å². The van der Waals surface area contributed by atoms with E-state index in [9.17, 15) is 0 Å². The summed E-state index contributed by atoms with van der Waals surface area (Å²) in [4.78, 5) is 0. The van der Waals surface area contributed by atoms with Crippen LogP contribution in [0.1, 0.15) is 0 Å². The second kappa shape index (κ2) is 6.45. The van der Waals surface area contributed by atoms with Crippen LogP contribution in [0.5, 0.6) is 0 Å². The Morgan fingerprint density at radius 3 is 1.76 bits per heavy atom. The van der Waals surface area contributed by atoms with Gasteiger partial charge in [0, 0.05) is 0 Å². The van der Waals surface area contributed by atoms with Gasteiger partial charge in [0.1, 0.15) is 0 Å². The molecule has 0 aliphatic carbocycles. The number of nitrogens with zero attached hydrogens (tertiary/aromatic N) is 8. The molecule has 0 bridgehead atoms. The fourth-order valence-electron chi connectivity index (χ4n) is 0.488. The molecule has 2 heterocycles. The van der Waals surface area contributed by atoms with Crippen LogP contribution < -0.4 is 17.0 Å². The van der Waals surface area contributed by atoms with Gasteiger partial charge in [-0.2, -0.15) is 0 Å². The number of hydrogen-bond acceptors (Lipinski definition) is 10. The maximum atomic E-state index is 6.28. The van der Waals surface area contributed by atoms with Gasteiger partial charge in [-0.05, 0) is 20.9 Å². The van der Waals surface area contributed by atoms with Crippen molar-refractivity contribution in [1.29, 1.82) is 5.41 Å². The van der Waals surface area contributed by atoms with Gasteiger partial charge in [-0.25, -0.2) is 16.0 Å². The van der Waals surface area contributed by atoms with Gasteiger partial charge in [0.25, 0.3) is 11.9 Å². The standard InChI is InChI=1S/C2H2N10.CH6N4/c3(1-5-9-10-6-1)4-2-7-11-12-8-2;2-1(3)5-4/h(H,5,6,9,10)(H,7,8,11,12);4H2,(H4,2,3,5)/b4-3+;. The van der Waals surface area contributed by atoms with Crippen LogP contribution in [-0.4, -0.2) is 47.2 Å². The average molecular weight is 240 g/mol. The van der Waals surface area contributed by atoms with E-state index in [-0.39, 0.29) is 17.9 Å². The summed E-state index contributed by atoms with van der Waals surface area (Å²) in [5.41, 5.74) is 6.53. The van der Waals surface area contributed by atoms with Gasteiger partial charge >= 0.3 is 0 Å². The number of rotatable bonds is 2. The van der Waals surface area contributed by atoms with E-state index in [1.807, 2.05) is 5.43 Å². The van der Waals surface area contributed by atoms with E-state index >= 15 is 0 Å². The largest absolute Gasteiger partial charge is 0.369 e. The zero-order valence-corrected chi connectivity index (χ0v) is 8.23. The third kappa shape index (κ3) is 4.83. The van der Waals surface area contributed by atoms with Crippen LogP contribution in [0, 0.1) is 5.41 Å². The number of azo groups is 1. The van der Waals surface area contributed by atoms with E-state index in [4.69, 9.17) is 5.41 Å². The van der Waals surface area contributed by atoms with Crippen molar-refractivity contribution < 1.29 is 0 Å². The van der Waals surface area contributed by atoms with Crippen LogP contribution in [0.15, 0.2) is 10.2 Å². The fourth-order valence-corrected chi connectivity index (χ4v) is 0.488. The number of nitrogens with one attached hydrogen (secondary N) is 4. The number of hydrazine groups is 1. The summed E-state index contributed by atoms with van der Waals surface area (Å²) in [5.74, 6) is 4.73. The molecule has 8 N–H and O–H groups in total. The Hall–Kier alpha value is -3.03. The maximum Gasteiger partial charge on any atom is 0.285 e. The van der Waals surface area contributed by atoms with Crippen molar-refractivity contribution in [3.8, 4) is 0 Å². The lowest BCUT2D eigenvalue weighted by molar-refractivity contribution is 0.881. The summed E-state index contributed by atoms with van der Waals surface area (Å²) in [7, 11) is 0. The van der Waals surface area contributed by atoms with Crippen molar-refractivity contribution in [2.24, 2.45) is 21.8 Å². The van der Waals surface area contributed by atoms with E-state index in [1.165, 1.54) is 0 Å². The molecule has 14 heteroatoms. The number of H-pyrrole nitrogens is 2. The van der Waals surface area contributed by atoms with Gasteiger partial charge in [0.05, 0.1) is 0 Å². The zero-order chi connectivity index (χ0) is 12.5. The van der Waals surface area contributed by atoms with Gasteiger partial charge in [-0.15, -0.1) is 10.2 Å². The number of aromatic nitrogens is 8. The van der Waals surface area contributed by atoms with Gasteiger partial charge in [-0.1, -0.05) is 10.2 Å². The Morgan fingerprint density at radius 2 is 1.53 bits per heavy atom. The van der Waals surface area contributed by atoms with Crippen LogP contribution >= 0.6 is 0 Å². The highest BCUT2D eigenvalue weighted by Crippen LogP contribution is 2.04. The zero-order valence-electron chi connectivity index (χ0n) is 8.23. The highest BCUT2D eigenvalue weighted by atomic mass is 15.5. The van der Waals surface area contributed by atoms with Crippen molar-refractivity contribution in [2.45, 2.75) is 0 Å². The molecular formula is C3H8N14. The molecule has 0 aliphatic rings. The highest BCUT2D eigenvalue weighted by Gasteiger charge is 1.94. The van der Waals surface area contributed by atoms with E-state index < -0.39 is 0 Å². The van der Waals surface area contributed by atoms with Gasteiger partial charge in [0.2, 0.25) is 0 Å². The van der Waals surface area contributed by atoms with Crippen LogP contribution in [0.4, 0.5) is 11.9 Å². The summed E-state index contributed by atoms with van der Waals surface area (Å²) in [5, 5.41) is 38.2. The number of nitrogens with two attached hydrogens (primary N) is 2. The molecule has 0 unspecified atom stereocenters. The first-order valence-electron chi connectivity index (χ1n) is 3.92. The normalized spacial score (nSPS) is 9.71. The molecule has 90 valence electrons. The Bertz CT molecular complexity index is 400. The van der Waals surface area contributed by atoms with Gasteiger partial charge in [0.15, 0.2) is 5.96 Å². The second-order valence-corrected chi connectivity index (χ2v) is 2.21. The first-order valence-corrected chi connectivity index (χ1v) is 3.92. The Labute approximate surface area is 92.7 Å². The second-order valence-electron chi connectivity index (χ2n) is 2.21. The third-order valence-electron chi connectivity index (χ3n) is 1.06. The Balaban J connectivity index is 0.000000249. The van der Waals surface area contributed by atoms with Crippen LogP contribution in [0.25, 0.3) is 0 Å². The molecule has 0 aliphatic heterocycles. The molecule has 0 atom stereocenters. The van der Waals surface area contributed by atoms with E-state index in [0.29, 0.717) is 0 Å². The summed E-state index contributed by atoms with van der Waals surface area (Å²) in [6, 6.07) is 0. The molecule has 0 saturated heterocycles. The van der Waals surface area contributed by atoms with Crippen LogP contribution in [0.3, 0.4) is 0 Å². The molecule has 2 aromatic rings.